The average Bonchev–Trinajstić information content (AvgIpc) is 2.47. The molecule has 2 aromatic rings. The highest BCUT2D eigenvalue weighted by Gasteiger charge is 2.13. The number of benzene rings is 1. The van der Waals surface area contributed by atoms with Gasteiger partial charge >= 0.3 is 0 Å². The van der Waals surface area contributed by atoms with Crippen molar-refractivity contribution >= 4 is 11.7 Å². The maximum Gasteiger partial charge on any atom is 0.242 e. The minimum Gasteiger partial charge on any atom is -0.320 e. The fourth-order valence-electron chi connectivity index (χ4n) is 1.75. The van der Waals surface area contributed by atoms with Gasteiger partial charge in [-0.05, 0) is 30.5 Å². The molecule has 1 aromatic heterocycles. The topological polar surface area (TPSA) is 68.0 Å². The zero-order chi connectivity index (χ0) is 13.5. The molecule has 0 radical (unpaired) electrons. The van der Waals surface area contributed by atoms with Crippen LogP contribution in [0.4, 0.5) is 5.82 Å². The smallest absolute Gasteiger partial charge is 0.242 e. The van der Waals surface area contributed by atoms with E-state index < -0.39 is 6.04 Å². The van der Waals surface area contributed by atoms with Crippen molar-refractivity contribution in [3.05, 3.63) is 60.3 Å². The predicted octanol–water partition coefficient (Wildman–Crippen LogP) is 1.98. The molecule has 3 N–H and O–H groups in total. The lowest BCUT2D eigenvalue weighted by atomic mass is 10.1. The van der Waals surface area contributed by atoms with E-state index >= 15 is 0 Å². The molecule has 4 heteroatoms. The number of nitrogens with zero attached hydrogens (tertiary/aromatic N) is 1. The van der Waals surface area contributed by atoms with E-state index in [0.29, 0.717) is 12.2 Å². The van der Waals surface area contributed by atoms with E-state index in [-0.39, 0.29) is 5.91 Å². The van der Waals surface area contributed by atoms with Crippen molar-refractivity contribution in [1.29, 1.82) is 0 Å². The van der Waals surface area contributed by atoms with Crippen LogP contribution in [0, 0.1) is 0 Å². The number of hydrogen-bond acceptors (Lipinski definition) is 3. The Kier molecular flexibility index (Phi) is 4.64. The molecule has 0 bridgehead atoms. The van der Waals surface area contributed by atoms with Gasteiger partial charge in [-0.1, -0.05) is 36.4 Å². The maximum absolute atomic E-state index is 11.9. The van der Waals surface area contributed by atoms with Crippen LogP contribution >= 0.6 is 0 Å². The van der Waals surface area contributed by atoms with E-state index in [1.807, 2.05) is 36.4 Å². The number of rotatable bonds is 5. The van der Waals surface area contributed by atoms with Crippen molar-refractivity contribution in [2.45, 2.75) is 18.9 Å². The average molecular weight is 255 g/mol. The molecule has 1 unspecified atom stereocenters. The Balaban J connectivity index is 1.83. The van der Waals surface area contributed by atoms with E-state index in [9.17, 15) is 4.79 Å². The first-order valence-electron chi connectivity index (χ1n) is 6.27. The zero-order valence-electron chi connectivity index (χ0n) is 10.6. The fraction of sp³-hybridized carbons (Fsp3) is 0.200. The number of carbonyl (C=O) groups is 1. The number of pyridine rings is 1. The number of carbonyl (C=O) groups excluding carboxylic acids is 1. The highest BCUT2D eigenvalue weighted by atomic mass is 16.2. The zero-order valence-corrected chi connectivity index (χ0v) is 10.6. The normalized spacial score (nSPS) is 11.8. The summed E-state index contributed by atoms with van der Waals surface area (Å²) in [6.45, 7) is 0. The van der Waals surface area contributed by atoms with Gasteiger partial charge in [0.25, 0.3) is 0 Å². The lowest BCUT2D eigenvalue weighted by Gasteiger charge is -2.11. The van der Waals surface area contributed by atoms with Gasteiger partial charge in [-0.15, -0.1) is 0 Å². The van der Waals surface area contributed by atoms with Crippen LogP contribution in [0.15, 0.2) is 54.7 Å². The second-order valence-electron chi connectivity index (χ2n) is 4.33. The fourth-order valence-corrected chi connectivity index (χ4v) is 1.75. The first-order chi connectivity index (χ1) is 9.25. The minimum atomic E-state index is -0.526. The molecule has 1 aromatic carbocycles. The molecule has 0 saturated carbocycles. The molecule has 1 heterocycles. The van der Waals surface area contributed by atoms with Crippen molar-refractivity contribution in [1.82, 2.24) is 4.98 Å². The molecule has 0 saturated heterocycles. The van der Waals surface area contributed by atoms with Crippen LogP contribution in [-0.4, -0.2) is 16.9 Å². The van der Waals surface area contributed by atoms with E-state index in [0.717, 1.165) is 6.42 Å². The van der Waals surface area contributed by atoms with E-state index in [1.165, 1.54) is 5.56 Å². The van der Waals surface area contributed by atoms with Gasteiger partial charge in [0.2, 0.25) is 5.91 Å². The Morgan fingerprint density at radius 3 is 2.58 bits per heavy atom. The monoisotopic (exact) mass is 255 g/mol. The summed E-state index contributed by atoms with van der Waals surface area (Å²) < 4.78 is 0. The SMILES string of the molecule is NC(CCc1ccccc1)C(=O)Nc1ccccn1. The van der Waals surface area contributed by atoms with Gasteiger partial charge in [-0.3, -0.25) is 4.79 Å². The Bertz CT molecular complexity index is 513. The Morgan fingerprint density at radius 1 is 1.16 bits per heavy atom. The lowest BCUT2D eigenvalue weighted by molar-refractivity contribution is -0.117. The van der Waals surface area contributed by atoms with Crippen LogP contribution in [0.3, 0.4) is 0 Å². The Morgan fingerprint density at radius 2 is 1.89 bits per heavy atom. The predicted molar refractivity (Wildman–Crippen MR) is 75.6 cm³/mol. The van der Waals surface area contributed by atoms with E-state index in [2.05, 4.69) is 10.3 Å². The van der Waals surface area contributed by atoms with E-state index in [4.69, 9.17) is 5.73 Å². The summed E-state index contributed by atoms with van der Waals surface area (Å²) in [5, 5.41) is 2.70. The van der Waals surface area contributed by atoms with Crippen LogP contribution in [0.5, 0.6) is 0 Å². The lowest BCUT2D eigenvalue weighted by Crippen LogP contribution is -2.36. The van der Waals surface area contributed by atoms with Crippen LogP contribution < -0.4 is 11.1 Å². The van der Waals surface area contributed by atoms with Gasteiger partial charge < -0.3 is 11.1 Å². The highest BCUT2D eigenvalue weighted by Crippen LogP contribution is 2.06. The first-order valence-corrected chi connectivity index (χ1v) is 6.27. The van der Waals surface area contributed by atoms with E-state index in [1.54, 1.807) is 18.3 Å². The van der Waals surface area contributed by atoms with Crippen molar-refractivity contribution < 1.29 is 4.79 Å². The van der Waals surface area contributed by atoms with Gasteiger partial charge in [0, 0.05) is 6.20 Å². The third-order valence-corrected chi connectivity index (χ3v) is 2.84. The summed E-state index contributed by atoms with van der Waals surface area (Å²) in [6.07, 6.45) is 3.03. The molecule has 98 valence electrons. The van der Waals surface area contributed by atoms with Crippen molar-refractivity contribution in [3.63, 3.8) is 0 Å². The van der Waals surface area contributed by atoms with Gasteiger partial charge in [0.15, 0.2) is 0 Å². The molecule has 0 spiro atoms. The van der Waals surface area contributed by atoms with Gasteiger partial charge in [0.1, 0.15) is 5.82 Å². The molecule has 1 atom stereocenters. The number of nitrogens with two attached hydrogens (primary N) is 1. The third-order valence-electron chi connectivity index (χ3n) is 2.84. The summed E-state index contributed by atoms with van der Waals surface area (Å²) >= 11 is 0. The molecule has 1 amide bonds. The van der Waals surface area contributed by atoms with Crippen LogP contribution in [0.25, 0.3) is 0 Å². The van der Waals surface area contributed by atoms with Crippen molar-refractivity contribution in [2.75, 3.05) is 5.32 Å². The Hall–Kier alpha value is -2.20. The van der Waals surface area contributed by atoms with Gasteiger partial charge in [-0.25, -0.2) is 4.98 Å². The molecule has 0 aliphatic heterocycles. The molecule has 4 nitrogen and oxygen atoms in total. The van der Waals surface area contributed by atoms with Crippen LogP contribution in [0.1, 0.15) is 12.0 Å². The number of hydrogen-bond donors (Lipinski definition) is 2. The summed E-state index contributed by atoms with van der Waals surface area (Å²) in [4.78, 5) is 15.9. The van der Waals surface area contributed by atoms with Crippen LogP contribution in [-0.2, 0) is 11.2 Å². The van der Waals surface area contributed by atoms with Crippen molar-refractivity contribution in [3.8, 4) is 0 Å². The molecule has 19 heavy (non-hydrogen) atoms. The molecular weight excluding hydrogens is 238 g/mol. The number of anilines is 1. The number of nitrogens with one attached hydrogen (secondary N) is 1. The highest BCUT2D eigenvalue weighted by molar-refractivity contribution is 5.93. The number of aryl methyl sites for hydroxylation is 1. The maximum atomic E-state index is 11.9. The molecule has 0 aliphatic carbocycles. The second-order valence-corrected chi connectivity index (χ2v) is 4.33. The summed E-state index contributed by atoms with van der Waals surface area (Å²) in [7, 11) is 0. The largest absolute Gasteiger partial charge is 0.320 e. The molecule has 0 fully saturated rings. The summed E-state index contributed by atoms with van der Waals surface area (Å²) in [5.74, 6) is 0.331. The summed E-state index contributed by atoms with van der Waals surface area (Å²) in [6, 6.07) is 14.8. The van der Waals surface area contributed by atoms with Gasteiger partial charge in [-0.2, -0.15) is 0 Å². The Labute approximate surface area is 112 Å². The molecular formula is C15H17N3O. The number of aromatic nitrogens is 1. The third kappa shape index (κ3) is 4.19. The summed E-state index contributed by atoms with van der Waals surface area (Å²) in [5.41, 5.74) is 7.06. The van der Waals surface area contributed by atoms with Crippen LogP contribution in [0.2, 0.25) is 0 Å². The van der Waals surface area contributed by atoms with Crippen molar-refractivity contribution in [2.24, 2.45) is 5.73 Å². The molecule has 2 rings (SSSR count). The quantitative estimate of drug-likeness (QED) is 0.858. The molecule has 0 aliphatic rings. The second kappa shape index (κ2) is 6.66. The van der Waals surface area contributed by atoms with Gasteiger partial charge in [0.05, 0.1) is 6.04 Å². The first kappa shape index (κ1) is 13.2. The minimum absolute atomic E-state index is 0.199. The standard InChI is InChI=1S/C15H17N3O/c16-13(10-9-12-6-2-1-3-7-12)15(19)18-14-8-4-5-11-17-14/h1-8,11,13H,9-10,16H2,(H,17,18,19). The number of amides is 1.